The number of rotatable bonds is 7. The highest BCUT2D eigenvalue weighted by Crippen LogP contribution is 2.29. The summed E-state index contributed by atoms with van der Waals surface area (Å²) in [7, 11) is -2.36. The fourth-order valence-electron chi connectivity index (χ4n) is 3.76. The van der Waals surface area contributed by atoms with E-state index in [-0.39, 0.29) is 16.2 Å². The van der Waals surface area contributed by atoms with Crippen molar-refractivity contribution in [1.29, 1.82) is 0 Å². The molecule has 3 rings (SSSR count). The Morgan fingerprint density at radius 3 is 2.41 bits per heavy atom. The largest absolute Gasteiger partial charge is 0.496 e. The zero-order valence-corrected chi connectivity index (χ0v) is 20.2. The molecule has 0 saturated heterocycles. The standard InChI is InChI=1S/C22H29N3O5S2/c1-4-25(5-2)32(28,29)16-11-12-18(30-3)17(14-16)21(26)23-24-22(27)20-13-15-9-7-6-8-10-19(15)31-20/h11-14H,4-10H2,1-3H3,(H,23,26)(H,24,27). The molecule has 2 amide bonds. The maximum Gasteiger partial charge on any atom is 0.279 e. The smallest absolute Gasteiger partial charge is 0.279 e. The highest BCUT2D eigenvalue weighted by Gasteiger charge is 2.25. The second kappa shape index (κ2) is 10.5. The molecule has 0 bridgehead atoms. The highest BCUT2D eigenvalue weighted by atomic mass is 32.2. The summed E-state index contributed by atoms with van der Waals surface area (Å²) >= 11 is 1.45. The summed E-state index contributed by atoms with van der Waals surface area (Å²) in [5.41, 5.74) is 6.04. The van der Waals surface area contributed by atoms with Gasteiger partial charge in [0.05, 0.1) is 22.4 Å². The number of aryl methyl sites for hydroxylation is 2. The van der Waals surface area contributed by atoms with E-state index in [4.69, 9.17) is 4.74 Å². The van der Waals surface area contributed by atoms with E-state index < -0.39 is 21.8 Å². The van der Waals surface area contributed by atoms with Gasteiger partial charge in [-0.05, 0) is 55.5 Å². The van der Waals surface area contributed by atoms with Gasteiger partial charge in [-0.15, -0.1) is 11.3 Å². The van der Waals surface area contributed by atoms with E-state index in [0.29, 0.717) is 18.0 Å². The van der Waals surface area contributed by atoms with Crippen molar-refractivity contribution in [2.75, 3.05) is 20.2 Å². The van der Waals surface area contributed by atoms with E-state index in [1.807, 2.05) is 6.07 Å². The van der Waals surface area contributed by atoms with E-state index in [9.17, 15) is 18.0 Å². The summed E-state index contributed by atoms with van der Waals surface area (Å²) in [5, 5.41) is 0. The van der Waals surface area contributed by atoms with Crippen LogP contribution in [0.25, 0.3) is 0 Å². The molecule has 0 spiro atoms. The van der Waals surface area contributed by atoms with Crippen molar-refractivity contribution < 1.29 is 22.7 Å². The van der Waals surface area contributed by atoms with Crippen LogP contribution in [0.3, 0.4) is 0 Å². The normalized spacial score (nSPS) is 13.9. The van der Waals surface area contributed by atoms with Crippen molar-refractivity contribution in [1.82, 2.24) is 15.2 Å². The van der Waals surface area contributed by atoms with Crippen LogP contribution in [0, 0.1) is 0 Å². The fourth-order valence-corrected chi connectivity index (χ4v) is 6.39. The number of fused-ring (bicyclic) bond motifs is 1. The van der Waals surface area contributed by atoms with E-state index in [2.05, 4.69) is 10.9 Å². The van der Waals surface area contributed by atoms with Gasteiger partial charge in [-0.3, -0.25) is 20.4 Å². The summed E-state index contributed by atoms with van der Waals surface area (Å²) in [6, 6.07) is 6.00. The Morgan fingerprint density at radius 1 is 1.03 bits per heavy atom. The molecule has 10 heteroatoms. The van der Waals surface area contributed by atoms with E-state index in [1.54, 1.807) is 13.8 Å². The lowest BCUT2D eigenvalue weighted by Crippen LogP contribution is -2.41. The van der Waals surface area contributed by atoms with Crippen LogP contribution in [0.15, 0.2) is 29.2 Å². The molecule has 1 aliphatic carbocycles. The van der Waals surface area contributed by atoms with E-state index in [1.165, 1.54) is 57.8 Å². The number of ether oxygens (including phenoxy) is 1. The summed E-state index contributed by atoms with van der Waals surface area (Å²) in [6.07, 6.45) is 5.39. The van der Waals surface area contributed by atoms with Gasteiger partial charge in [-0.1, -0.05) is 20.3 Å². The number of carbonyl (C=O) groups is 2. The first-order valence-corrected chi connectivity index (χ1v) is 13.0. The van der Waals surface area contributed by atoms with Crippen LogP contribution in [0.1, 0.15) is 63.6 Å². The molecule has 0 radical (unpaired) electrons. The van der Waals surface area contributed by atoms with Gasteiger partial charge in [-0.2, -0.15) is 4.31 Å². The molecule has 174 valence electrons. The molecule has 2 aromatic rings. The van der Waals surface area contributed by atoms with Crippen LogP contribution in [0.4, 0.5) is 0 Å². The predicted molar refractivity (Wildman–Crippen MR) is 124 cm³/mol. The minimum atomic E-state index is -3.75. The van der Waals surface area contributed by atoms with Crippen molar-refractivity contribution in [3.8, 4) is 5.75 Å². The van der Waals surface area contributed by atoms with Gasteiger partial charge in [0.2, 0.25) is 10.0 Å². The molecule has 0 saturated carbocycles. The molecular weight excluding hydrogens is 450 g/mol. The van der Waals surface area contributed by atoms with Crippen molar-refractivity contribution in [2.45, 2.75) is 50.8 Å². The molecule has 2 N–H and O–H groups in total. The zero-order valence-electron chi connectivity index (χ0n) is 18.6. The minimum Gasteiger partial charge on any atom is -0.496 e. The Morgan fingerprint density at radius 2 is 1.72 bits per heavy atom. The SMILES string of the molecule is CCN(CC)S(=O)(=O)c1ccc(OC)c(C(=O)NNC(=O)c2cc3c(s2)CCCCC3)c1. The molecule has 1 aromatic heterocycles. The molecule has 1 aliphatic rings. The number of nitrogens with one attached hydrogen (secondary N) is 2. The molecule has 1 heterocycles. The average Bonchev–Trinajstić information content (AvgIpc) is 3.07. The third kappa shape index (κ3) is 5.13. The van der Waals surface area contributed by atoms with Gasteiger partial charge in [-0.25, -0.2) is 8.42 Å². The zero-order chi connectivity index (χ0) is 23.3. The molecule has 32 heavy (non-hydrogen) atoms. The second-order valence-corrected chi connectivity index (χ2v) is 10.6. The van der Waals surface area contributed by atoms with E-state index in [0.717, 1.165) is 25.7 Å². The number of sulfonamides is 1. The maximum absolute atomic E-state index is 12.8. The summed E-state index contributed by atoms with van der Waals surface area (Å²) in [4.78, 5) is 27.1. The summed E-state index contributed by atoms with van der Waals surface area (Å²) in [6.45, 7) is 4.12. The van der Waals surface area contributed by atoms with E-state index >= 15 is 0 Å². The lowest BCUT2D eigenvalue weighted by Gasteiger charge is -2.19. The number of amides is 2. The Labute approximate surface area is 193 Å². The number of hydrogen-bond donors (Lipinski definition) is 2. The number of thiophene rings is 1. The second-order valence-electron chi connectivity index (χ2n) is 7.48. The first-order chi connectivity index (χ1) is 15.3. The minimum absolute atomic E-state index is 0.0135. The summed E-state index contributed by atoms with van der Waals surface area (Å²) in [5.74, 6) is -0.856. The summed E-state index contributed by atoms with van der Waals surface area (Å²) < 4.78 is 32.2. The topological polar surface area (TPSA) is 105 Å². The Bertz CT molecular complexity index is 1070. The van der Waals surface area contributed by atoms with Gasteiger partial charge >= 0.3 is 0 Å². The Balaban J connectivity index is 1.76. The average molecular weight is 480 g/mol. The van der Waals surface area contributed by atoms with Crippen molar-refractivity contribution in [3.63, 3.8) is 0 Å². The van der Waals surface area contributed by atoms with Crippen LogP contribution < -0.4 is 15.6 Å². The van der Waals surface area contributed by atoms with Crippen molar-refractivity contribution in [2.24, 2.45) is 0 Å². The number of hydrogen-bond acceptors (Lipinski definition) is 6. The lowest BCUT2D eigenvalue weighted by atomic mass is 10.1. The molecular formula is C22H29N3O5S2. The third-order valence-corrected chi connectivity index (χ3v) is 8.80. The predicted octanol–water partition coefficient (Wildman–Crippen LogP) is 3.13. The number of hydrazine groups is 1. The van der Waals surface area contributed by atoms with Crippen LogP contribution in [-0.4, -0.2) is 44.7 Å². The molecule has 8 nitrogen and oxygen atoms in total. The molecule has 0 aliphatic heterocycles. The van der Waals surface area contributed by atoms with Gasteiger partial charge in [0.25, 0.3) is 11.8 Å². The molecule has 1 aromatic carbocycles. The monoisotopic (exact) mass is 479 g/mol. The van der Waals surface area contributed by atoms with Crippen LogP contribution >= 0.6 is 11.3 Å². The first kappa shape index (κ1) is 24.2. The number of benzene rings is 1. The first-order valence-electron chi connectivity index (χ1n) is 10.7. The van der Waals surface area contributed by atoms with Crippen LogP contribution in [-0.2, 0) is 22.9 Å². The van der Waals surface area contributed by atoms with Crippen molar-refractivity contribution >= 4 is 33.2 Å². The lowest BCUT2D eigenvalue weighted by molar-refractivity contribution is 0.0847. The molecule has 0 atom stereocenters. The maximum atomic E-state index is 12.8. The number of methoxy groups -OCH3 is 1. The number of carbonyl (C=O) groups excluding carboxylic acids is 2. The van der Waals surface area contributed by atoms with Gasteiger partial charge in [0.1, 0.15) is 5.75 Å². The van der Waals surface area contributed by atoms with Gasteiger partial charge in [0.15, 0.2) is 0 Å². The van der Waals surface area contributed by atoms with Crippen molar-refractivity contribution in [3.05, 3.63) is 45.1 Å². The molecule has 0 fully saturated rings. The number of nitrogens with zero attached hydrogens (tertiary/aromatic N) is 1. The Hall–Kier alpha value is -2.43. The van der Waals surface area contributed by atoms with Crippen LogP contribution in [0.5, 0.6) is 5.75 Å². The third-order valence-electron chi connectivity index (χ3n) is 5.52. The Kier molecular flexibility index (Phi) is 7.91. The van der Waals surface area contributed by atoms with Gasteiger partial charge < -0.3 is 4.74 Å². The highest BCUT2D eigenvalue weighted by molar-refractivity contribution is 7.89. The van der Waals surface area contributed by atoms with Crippen LogP contribution in [0.2, 0.25) is 0 Å². The van der Waals surface area contributed by atoms with Gasteiger partial charge in [0, 0.05) is 18.0 Å². The molecule has 0 unspecified atom stereocenters. The quantitative estimate of drug-likeness (QED) is 0.469. The fraction of sp³-hybridized carbons (Fsp3) is 0.455.